The van der Waals surface area contributed by atoms with Crippen molar-refractivity contribution >= 4 is 17.3 Å². The van der Waals surface area contributed by atoms with E-state index in [2.05, 4.69) is 40.0 Å². The van der Waals surface area contributed by atoms with Crippen LogP contribution in [0.5, 0.6) is 5.75 Å². The lowest BCUT2D eigenvalue weighted by molar-refractivity contribution is -0.132. The second-order valence-corrected chi connectivity index (χ2v) is 10.2. The second kappa shape index (κ2) is 8.84. The molecule has 2 aromatic carbocycles. The molecule has 32 heavy (non-hydrogen) atoms. The number of aliphatic carboxylic acids is 1. The average molecular weight is 440 g/mol. The number of carboxylic acid groups (broad SMARTS) is 1. The van der Waals surface area contributed by atoms with Crippen LogP contribution in [-0.4, -0.2) is 26.7 Å². The zero-order valence-electron chi connectivity index (χ0n) is 19.4. The van der Waals surface area contributed by atoms with Crippen LogP contribution in [0, 0.1) is 5.41 Å². The predicted molar refractivity (Wildman–Crippen MR) is 125 cm³/mol. The monoisotopic (exact) mass is 439 g/mol. The molecule has 0 bridgehead atoms. The Morgan fingerprint density at radius 2 is 1.78 bits per heavy atom. The fourth-order valence-corrected chi connectivity index (χ4v) is 4.43. The van der Waals surface area contributed by atoms with E-state index in [1.807, 2.05) is 24.3 Å². The van der Waals surface area contributed by atoms with Crippen LogP contribution < -0.4 is 10.4 Å². The number of aryl methyl sites for hydroxylation is 1. The molecule has 0 amide bonds. The minimum atomic E-state index is -1.08. The number of carboxylic acids is 1. The Morgan fingerprint density at radius 3 is 2.44 bits per heavy atom. The van der Waals surface area contributed by atoms with Gasteiger partial charge in [-0.1, -0.05) is 58.9 Å². The summed E-state index contributed by atoms with van der Waals surface area (Å²) >= 11 is 0. The summed E-state index contributed by atoms with van der Waals surface area (Å²) in [6.45, 7) is 11.0. The second-order valence-electron chi connectivity index (χ2n) is 10.2. The number of anilines is 2. The number of hydrogen-bond donors (Lipinski definition) is 4. The van der Waals surface area contributed by atoms with Gasteiger partial charge in [0.05, 0.1) is 16.9 Å². The molecule has 172 valence electrons. The first kappa shape index (κ1) is 23.6. The number of rotatable bonds is 7. The van der Waals surface area contributed by atoms with Gasteiger partial charge in [-0.2, -0.15) is 0 Å². The van der Waals surface area contributed by atoms with Crippen molar-refractivity contribution < 1.29 is 20.2 Å². The van der Waals surface area contributed by atoms with Crippen LogP contribution in [0.15, 0.2) is 54.2 Å². The van der Waals surface area contributed by atoms with E-state index in [0.29, 0.717) is 23.4 Å². The first-order chi connectivity index (χ1) is 14.9. The molecular weight excluding hydrogens is 406 g/mol. The number of carbonyl (C=O) groups is 1. The topological polar surface area (TPSA) is 96.3 Å². The smallest absolute Gasteiger partial charge is 0.333 e. The fourth-order valence-electron chi connectivity index (χ4n) is 4.43. The molecule has 7 nitrogen and oxygen atoms in total. The van der Waals surface area contributed by atoms with Crippen LogP contribution in [0.25, 0.3) is 0 Å². The van der Waals surface area contributed by atoms with Crippen LogP contribution >= 0.6 is 0 Å². The van der Waals surface area contributed by atoms with Crippen LogP contribution in [0.3, 0.4) is 0 Å². The molecule has 0 fully saturated rings. The van der Waals surface area contributed by atoms with Crippen LogP contribution in [0.1, 0.15) is 58.6 Å². The largest absolute Gasteiger partial charge is 0.508 e. The summed E-state index contributed by atoms with van der Waals surface area (Å²) in [5.74, 6) is -0.923. The van der Waals surface area contributed by atoms with Crippen LogP contribution in [-0.2, 0) is 16.6 Å². The Kier molecular flexibility index (Phi) is 6.53. The summed E-state index contributed by atoms with van der Waals surface area (Å²) in [5, 5.41) is 32.4. The SMILES string of the molecule is CC(C)(C)CC(C)(C)c1ccc(O)c(CCC(=CN2c3ccccc3NN2O)C(=O)O)c1. The number of phenolic OH excluding ortho intramolecular Hbond substituents is 1. The molecule has 4 N–H and O–H groups in total. The van der Waals surface area contributed by atoms with Crippen LogP contribution in [0.4, 0.5) is 11.4 Å². The maximum atomic E-state index is 11.9. The highest BCUT2D eigenvalue weighted by Gasteiger charge is 2.28. The lowest BCUT2D eigenvalue weighted by Crippen LogP contribution is -2.35. The highest BCUT2D eigenvalue weighted by atomic mass is 16.6. The Bertz CT molecular complexity index is 1020. The average Bonchev–Trinajstić information content (AvgIpc) is 2.99. The van der Waals surface area contributed by atoms with E-state index in [0.717, 1.165) is 17.3 Å². The number of nitrogens with zero attached hydrogens (tertiary/aromatic N) is 2. The minimum Gasteiger partial charge on any atom is -0.508 e. The third-order valence-corrected chi connectivity index (χ3v) is 5.63. The normalized spacial score (nSPS) is 14.9. The summed E-state index contributed by atoms with van der Waals surface area (Å²) < 4.78 is 0. The molecule has 0 atom stereocenters. The highest BCUT2D eigenvalue weighted by molar-refractivity contribution is 5.88. The lowest BCUT2D eigenvalue weighted by Gasteiger charge is -2.33. The summed E-state index contributed by atoms with van der Waals surface area (Å²) in [4.78, 5) is 11.9. The standard InChI is InChI=1S/C25H33N3O4/c1-24(2,3)16-25(4,5)19-12-13-22(29)17(14-19)10-11-18(23(30)31)15-27-21-9-7-6-8-20(21)26-28(27)32/h6-9,12-15,26,29,32H,10-11,16H2,1-5H3,(H,30,31). The Morgan fingerprint density at radius 1 is 1.09 bits per heavy atom. The Balaban J connectivity index is 1.83. The number of para-hydroxylation sites is 2. The third-order valence-electron chi connectivity index (χ3n) is 5.63. The van der Waals surface area contributed by atoms with Gasteiger partial charge in [0.2, 0.25) is 0 Å². The van der Waals surface area contributed by atoms with Crippen molar-refractivity contribution in [1.82, 2.24) is 5.28 Å². The number of hydrogen-bond acceptors (Lipinski definition) is 6. The molecule has 0 radical (unpaired) electrons. The summed E-state index contributed by atoms with van der Waals surface area (Å²) in [6, 6.07) is 12.8. The van der Waals surface area contributed by atoms with Gasteiger partial charge in [-0.25, -0.2) is 9.80 Å². The van der Waals surface area contributed by atoms with E-state index in [1.165, 1.54) is 11.2 Å². The van der Waals surface area contributed by atoms with Crippen LogP contribution in [0.2, 0.25) is 0 Å². The van der Waals surface area contributed by atoms with E-state index in [9.17, 15) is 20.2 Å². The molecule has 0 saturated carbocycles. The zero-order chi connectivity index (χ0) is 23.7. The van der Waals surface area contributed by atoms with Gasteiger partial charge in [0.1, 0.15) is 5.75 Å². The number of nitrogens with one attached hydrogen (secondary N) is 1. The van der Waals surface area contributed by atoms with Gasteiger partial charge in [-0.15, -0.1) is 0 Å². The first-order valence-corrected chi connectivity index (χ1v) is 10.8. The van der Waals surface area contributed by atoms with Crippen molar-refractivity contribution in [1.29, 1.82) is 0 Å². The van der Waals surface area contributed by atoms with Crippen molar-refractivity contribution in [2.24, 2.45) is 5.41 Å². The summed E-state index contributed by atoms with van der Waals surface area (Å²) in [7, 11) is 0. The fraction of sp³-hybridized carbons (Fsp3) is 0.400. The van der Waals surface area contributed by atoms with E-state index >= 15 is 0 Å². The van der Waals surface area contributed by atoms with Gasteiger partial charge >= 0.3 is 5.97 Å². The molecule has 2 aromatic rings. The molecule has 1 aliphatic heterocycles. The van der Waals surface area contributed by atoms with Gasteiger partial charge in [-0.05, 0) is 59.4 Å². The number of benzene rings is 2. The van der Waals surface area contributed by atoms with Gasteiger partial charge in [0, 0.05) is 11.5 Å². The number of fused-ring (bicyclic) bond motifs is 1. The summed E-state index contributed by atoms with van der Waals surface area (Å²) in [5.41, 5.74) is 6.06. The highest BCUT2D eigenvalue weighted by Crippen LogP contribution is 2.38. The first-order valence-electron chi connectivity index (χ1n) is 10.8. The quantitative estimate of drug-likeness (QED) is 0.425. The van der Waals surface area contributed by atoms with Crippen molar-refractivity contribution in [2.75, 3.05) is 10.4 Å². The number of aromatic hydroxyl groups is 1. The number of phenols is 1. The van der Waals surface area contributed by atoms with Crippen molar-refractivity contribution in [3.8, 4) is 5.75 Å². The van der Waals surface area contributed by atoms with Gasteiger partial charge in [0.15, 0.2) is 0 Å². The van der Waals surface area contributed by atoms with Gasteiger partial charge in [-0.3, -0.25) is 10.6 Å². The van der Waals surface area contributed by atoms with Gasteiger partial charge < -0.3 is 10.2 Å². The molecule has 7 heteroatoms. The molecule has 0 unspecified atom stereocenters. The molecular formula is C25H33N3O4. The maximum Gasteiger partial charge on any atom is 0.333 e. The van der Waals surface area contributed by atoms with E-state index in [1.54, 1.807) is 18.2 Å². The lowest BCUT2D eigenvalue weighted by atomic mass is 9.72. The number of hydrazine groups is 2. The Hall–Kier alpha value is -3.03. The molecule has 0 saturated heterocycles. The zero-order valence-corrected chi connectivity index (χ0v) is 19.4. The van der Waals surface area contributed by atoms with Gasteiger partial charge in [0.25, 0.3) is 0 Å². The molecule has 0 spiro atoms. The molecule has 0 aliphatic carbocycles. The molecule has 1 heterocycles. The van der Waals surface area contributed by atoms with E-state index in [-0.39, 0.29) is 28.6 Å². The predicted octanol–water partition coefficient (Wildman–Crippen LogP) is 5.46. The molecule has 1 aliphatic rings. The van der Waals surface area contributed by atoms with E-state index in [4.69, 9.17) is 0 Å². The van der Waals surface area contributed by atoms with Crippen molar-refractivity contribution in [2.45, 2.75) is 59.3 Å². The van der Waals surface area contributed by atoms with Crippen molar-refractivity contribution in [3.63, 3.8) is 0 Å². The third kappa shape index (κ3) is 5.41. The Labute approximate surface area is 189 Å². The molecule has 0 aromatic heterocycles. The van der Waals surface area contributed by atoms with Crippen molar-refractivity contribution in [3.05, 3.63) is 65.4 Å². The maximum absolute atomic E-state index is 11.9. The molecule has 3 rings (SSSR count). The minimum absolute atomic E-state index is 0.0888. The van der Waals surface area contributed by atoms with E-state index < -0.39 is 5.97 Å². The summed E-state index contributed by atoms with van der Waals surface area (Å²) in [6.07, 6.45) is 2.92.